The molecule has 1 saturated heterocycles. The SMILES string of the molecule is CCC(/C=C1/OCOC1C(C)C)CC1=NC2=C(NC)N=C(F)N(C)C2N1CCN(C)CC. The van der Waals surface area contributed by atoms with Gasteiger partial charge in [0.2, 0.25) is 0 Å². The molecule has 0 saturated carbocycles. The number of ether oxygens (including phenoxy) is 2. The van der Waals surface area contributed by atoms with Crippen molar-refractivity contribution in [1.82, 2.24) is 20.0 Å². The fraction of sp³-hybridized carbons (Fsp3) is 0.739. The standard InChI is InChI=1S/C23H39FN6O2/c1-8-16(12-17-20(15(3)4)32-14-31-17)13-18-26-19-21(25-5)27-23(24)29(7)22(19)30(18)11-10-28(6)9-2/h12,15-16,20,22,25H,8-11,13-14H2,1-7H3/b17-12+. The lowest BCUT2D eigenvalue weighted by atomic mass is 9.97. The number of hydrogen-bond donors (Lipinski definition) is 1. The second-order valence-corrected chi connectivity index (χ2v) is 9.00. The molecule has 3 aliphatic rings. The fourth-order valence-corrected chi connectivity index (χ4v) is 4.27. The van der Waals surface area contributed by atoms with Gasteiger partial charge in [-0.1, -0.05) is 27.7 Å². The molecule has 1 fully saturated rings. The van der Waals surface area contributed by atoms with Gasteiger partial charge in [0.15, 0.2) is 18.8 Å². The molecule has 0 spiro atoms. The van der Waals surface area contributed by atoms with Crippen molar-refractivity contribution in [3.63, 3.8) is 0 Å². The first-order valence-corrected chi connectivity index (χ1v) is 11.7. The molecule has 3 rings (SSSR count). The van der Waals surface area contributed by atoms with E-state index in [2.05, 4.69) is 60.9 Å². The predicted octanol–water partition coefficient (Wildman–Crippen LogP) is 2.97. The van der Waals surface area contributed by atoms with E-state index in [0.717, 1.165) is 49.8 Å². The summed E-state index contributed by atoms with van der Waals surface area (Å²) in [4.78, 5) is 15.1. The van der Waals surface area contributed by atoms with E-state index in [0.29, 0.717) is 18.5 Å². The molecule has 0 aromatic rings. The Hall–Kier alpha value is -2.13. The number of halogens is 1. The van der Waals surface area contributed by atoms with Gasteiger partial charge in [0.1, 0.15) is 23.4 Å². The third kappa shape index (κ3) is 5.09. The third-order valence-corrected chi connectivity index (χ3v) is 6.45. The van der Waals surface area contributed by atoms with Crippen LogP contribution in [0.15, 0.2) is 33.3 Å². The zero-order valence-electron chi connectivity index (χ0n) is 20.6. The number of nitrogens with one attached hydrogen (secondary N) is 1. The number of hydrogen-bond acceptors (Lipinski definition) is 8. The Morgan fingerprint density at radius 1 is 1.31 bits per heavy atom. The number of aliphatic imine (C=N–C) groups is 2. The molecule has 0 radical (unpaired) electrons. The zero-order valence-corrected chi connectivity index (χ0v) is 20.6. The van der Waals surface area contributed by atoms with Gasteiger partial charge in [-0.15, -0.1) is 0 Å². The fourth-order valence-electron chi connectivity index (χ4n) is 4.27. The van der Waals surface area contributed by atoms with E-state index in [1.54, 1.807) is 19.0 Å². The number of likely N-dealkylation sites (N-methyl/N-ethyl adjacent to an activating group) is 2. The summed E-state index contributed by atoms with van der Waals surface area (Å²) < 4.78 is 26.2. The highest BCUT2D eigenvalue weighted by Crippen LogP contribution is 2.33. The van der Waals surface area contributed by atoms with Crippen LogP contribution in [0, 0.1) is 11.8 Å². The molecule has 0 aromatic heterocycles. The first kappa shape index (κ1) is 24.5. The molecule has 3 unspecified atom stereocenters. The summed E-state index contributed by atoms with van der Waals surface area (Å²) in [5.41, 5.74) is 0.772. The second kappa shape index (κ2) is 10.7. The lowest BCUT2D eigenvalue weighted by Gasteiger charge is -2.37. The molecule has 0 amide bonds. The minimum Gasteiger partial charge on any atom is -0.469 e. The minimum absolute atomic E-state index is 0.00122. The molecular formula is C23H39FN6O2. The van der Waals surface area contributed by atoms with Crippen molar-refractivity contribution >= 4 is 11.9 Å². The summed E-state index contributed by atoms with van der Waals surface area (Å²) in [5, 5.41) is 3.02. The topological polar surface area (TPSA) is 64.9 Å². The average Bonchev–Trinajstić information content (AvgIpc) is 3.38. The molecule has 180 valence electrons. The average molecular weight is 451 g/mol. The van der Waals surface area contributed by atoms with Crippen LogP contribution >= 0.6 is 0 Å². The summed E-state index contributed by atoms with van der Waals surface area (Å²) in [6, 6.07) is 0. The van der Waals surface area contributed by atoms with E-state index in [-0.39, 0.29) is 18.2 Å². The third-order valence-electron chi connectivity index (χ3n) is 6.45. The monoisotopic (exact) mass is 450 g/mol. The van der Waals surface area contributed by atoms with Crippen LogP contribution in [0.3, 0.4) is 0 Å². The summed E-state index contributed by atoms with van der Waals surface area (Å²) in [6.07, 6.45) is 3.10. The smallest absolute Gasteiger partial charge is 0.288 e. The van der Waals surface area contributed by atoms with Gasteiger partial charge >= 0.3 is 0 Å². The Morgan fingerprint density at radius 3 is 2.69 bits per heavy atom. The molecule has 0 bridgehead atoms. The molecule has 9 heteroatoms. The van der Waals surface area contributed by atoms with Crippen molar-refractivity contribution in [2.24, 2.45) is 21.8 Å². The van der Waals surface area contributed by atoms with Crippen LogP contribution in [-0.4, -0.2) is 86.5 Å². The second-order valence-electron chi connectivity index (χ2n) is 9.00. The molecule has 1 N–H and O–H groups in total. The number of allylic oxidation sites excluding steroid dienone is 1. The van der Waals surface area contributed by atoms with Gasteiger partial charge in [0.25, 0.3) is 6.09 Å². The van der Waals surface area contributed by atoms with E-state index in [4.69, 9.17) is 14.5 Å². The summed E-state index contributed by atoms with van der Waals surface area (Å²) >= 11 is 0. The van der Waals surface area contributed by atoms with Gasteiger partial charge < -0.3 is 29.5 Å². The Morgan fingerprint density at radius 2 is 2.06 bits per heavy atom. The van der Waals surface area contributed by atoms with Gasteiger partial charge in [-0.05, 0) is 37.9 Å². The van der Waals surface area contributed by atoms with Crippen molar-refractivity contribution in [2.75, 3.05) is 47.6 Å². The highest BCUT2D eigenvalue weighted by atomic mass is 19.1. The van der Waals surface area contributed by atoms with Crippen LogP contribution in [0.5, 0.6) is 0 Å². The van der Waals surface area contributed by atoms with E-state index in [1.807, 2.05) is 0 Å². The maximum absolute atomic E-state index is 14.6. The quantitative estimate of drug-likeness (QED) is 0.517. The van der Waals surface area contributed by atoms with Gasteiger partial charge in [-0.25, -0.2) is 4.99 Å². The van der Waals surface area contributed by atoms with Gasteiger partial charge in [0.05, 0.1) is 0 Å². The van der Waals surface area contributed by atoms with E-state index >= 15 is 0 Å². The molecule has 3 atom stereocenters. The largest absolute Gasteiger partial charge is 0.469 e. The molecule has 3 aliphatic heterocycles. The van der Waals surface area contributed by atoms with Crippen molar-refractivity contribution in [1.29, 1.82) is 0 Å². The molecule has 32 heavy (non-hydrogen) atoms. The number of amidine groups is 2. The Balaban J connectivity index is 1.89. The number of nitrogens with zero attached hydrogens (tertiary/aromatic N) is 5. The Labute approximate surface area is 191 Å². The zero-order chi connectivity index (χ0) is 23.4. The van der Waals surface area contributed by atoms with E-state index in [9.17, 15) is 4.39 Å². The van der Waals surface area contributed by atoms with Gasteiger partial charge in [-0.3, -0.25) is 0 Å². The minimum atomic E-state index is -0.501. The number of fused-ring (bicyclic) bond motifs is 1. The Kier molecular flexibility index (Phi) is 8.16. The lowest BCUT2D eigenvalue weighted by molar-refractivity contribution is 0.0344. The van der Waals surface area contributed by atoms with Crippen molar-refractivity contribution in [2.45, 2.75) is 52.8 Å². The van der Waals surface area contributed by atoms with E-state index in [1.165, 1.54) is 0 Å². The first-order chi connectivity index (χ1) is 15.3. The molecule has 8 nitrogen and oxygen atoms in total. The van der Waals surface area contributed by atoms with Crippen LogP contribution in [0.1, 0.15) is 40.5 Å². The lowest BCUT2D eigenvalue weighted by Crippen LogP contribution is -2.52. The molecule has 3 heterocycles. The predicted molar refractivity (Wildman–Crippen MR) is 126 cm³/mol. The van der Waals surface area contributed by atoms with E-state index < -0.39 is 6.09 Å². The van der Waals surface area contributed by atoms with Gasteiger partial charge in [0, 0.05) is 33.6 Å². The van der Waals surface area contributed by atoms with Crippen LogP contribution in [0.25, 0.3) is 0 Å². The molecular weight excluding hydrogens is 411 g/mol. The van der Waals surface area contributed by atoms with Crippen LogP contribution in [-0.2, 0) is 9.47 Å². The maximum atomic E-state index is 14.6. The Bertz CT molecular complexity index is 793. The maximum Gasteiger partial charge on any atom is 0.288 e. The first-order valence-electron chi connectivity index (χ1n) is 11.7. The molecule has 0 aliphatic carbocycles. The van der Waals surface area contributed by atoms with Crippen LogP contribution in [0.4, 0.5) is 4.39 Å². The van der Waals surface area contributed by atoms with Crippen molar-refractivity contribution in [3.8, 4) is 0 Å². The highest BCUT2D eigenvalue weighted by Gasteiger charge is 2.41. The highest BCUT2D eigenvalue weighted by molar-refractivity contribution is 5.89. The number of rotatable bonds is 10. The molecule has 0 aromatic carbocycles. The summed E-state index contributed by atoms with van der Waals surface area (Å²) in [7, 11) is 5.59. The summed E-state index contributed by atoms with van der Waals surface area (Å²) in [6.45, 7) is 11.5. The summed E-state index contributed by atoms with van der Waals surface area (Å²) in [5.74, 6) is 2.97. The van der Waals surface area contributed by atoms with Crippen LogP contribution < -0.4 is 5.32 Å². The van der Waals surface area contributed by atoms with Gasteiger partial charge in [-0.2, -0.15) is 9.38 Å². The van der Waals surface area contributed by atoms with Crippen LogP contribution in [0.2, 0.25) is 0 Å². The normalized spacial score (nSPS) is 25.5. The van der Waals surface area contributed by atoms with Crippen molar-refractivity contribution in [3.05, 3.63) is 23.4 Å². The van der Waals surface area contributed by atoms with Crippen molar-refractivity contribution < 1.29 is 13.9 Å².